The van der Waals surface area contributed by atoms with Gasteiger partial charge in [0.2, 0.25) is 0 Å². The van der Waals surface area contributed by atoms with E-state index in [2.05, 4.69) is 34.1 Å². The standard InChI is InChI=1S/C13H15N5S/c1-3-9(2)17-13-16-6-11(19-13)10-8-18-5-4-14-12(18)7-15-10/h4-9H,3H2,1-2H3,(H,16,17)/t9-/m1/s1. The lowest BCUT2D eigenvalue weighted by molar-refractivity contribution is 0.763. The van der Waals surface area contributed by atoms with Crippen LogP contribution < -0.4 is 5.32 Å². The van der Waals surface area contributed by atoms with Crippen LogP contribution in [0.25, 0.3) is 16.2 Å². The normalized spacial score (nSPS) is 12.7. The molecule has 0 bridgehead atoms. The van der Waals surface area contributed by atoms with Gasteiger partial charge in [0.15, 0.2) is 10.8 Å². The molecule has 19 heavy (non-hydrogen) atoms. The number of fused-ring (bicyclic) bond motifs is 1. The lowest BCUT2D eigenvalue weighted by atomic mass is 10.3. The summed E-state index contributed by atoms with van der Waals surface area (Å²) in [4.78, 5) is 14.1. The Hall–Kier alpha value is -1.95. The van der Waals surface area contributed by atoms with Crippen LogP contribution >= 0.6 is 11.3 Å². The molecule has 0 aliphatic rings. The summed E-state index contributed by atoms with van der Waals surface area (Å²) in [6, 6.07) is 0.433. The Bertz CT molecular complexity index is 687. The van der Waals surface area contributed by atoms with Gasteiger partial charge in [-0.2, -0.15) is 0 Å². The van der Waals surface area contributed by atoms with Gasteiger partial charge in [0.05, 0.1) is 16.8 Å². The molecule has 0 saturated heterocycles. The first-order valence-corrected chi connectivity index (χ1v) is 7.09. The average molecular weight is 273 g/mol. The SMILES string of the molecule is CC[C@@H](C)Nc1ncc(-c2cn3ccnc3cn2)s1. The van der Waals surface area contributed by atoms with E-state index in [-0.39, 0.29) is 0 Å². The molecule has 0 spiro atoms. The molecule has 3 aromatic rings. The first-order valence-electron chi connectivity index (χ1n) is 6.27. The summed E-state index contributed by atoms with van der Waals surface area (Å²) in [5.41, 5.74) is 1.77. The number of aromatic nitrogens is 4. The summed E-state index contributed by atoms with van der Waals surface area (Å²) >= 11 is 1.62. The Morgan fingerprint density at radius 3 is 3.05 bits per heavy atom. The predicted octanol–water partition coefficient (Wildman–Crippen LogP) is 3.06. The van der Waals surface area contributed by atoms with E-state index in [1.165, 1.54) is 0 Å². The van der Waals surface area contributed by atoms with E-state index in [9.17, 15) is 0 Å². The zero-order chi connectivity index (χ0) is 13.2. The smallest absolute Gasteiger partial charge is 0.183 e. The van der Waals surface area contributed by atoms with E-state index >= 15 is 0 Å². The maximum absolute atomic E-state index is 4.42. The van der Waals surface area contributed by atoms with Crippen molar-refractivity contribution in [1.82, 2.24) is 19.4 Å². The zero-order valence-corrected chi connectivity index (χ0v) is 11.7. The van der Waals surface area contributed by atoms with Crippen LogP contribution in [0.15, 0.2) is 31.0 Å². The van der Waals surface area contributed by atoms with Crippen LogP contribution in [0.1, 0.15) is 20.3 Å². The van der Waals surface area contributed by atoms with Gasteiger partial charge in [0, 0.05) is 30.8 Å². The van der Waals surface area contributed by atoms with Crippen molar-refractivity contribution in [2.24, 2.45) is 0 Å². The minimum Gasteiger partial charge on any atom is -0.359 e. The molecule has 3 rings (SSSR count). The molecule has 0 amide bonds. The van der Waals surface area contributed by atoms with Crippen molar-refractivity contribution in [3.8, 4) is 10.6 Å². The van der Waals surface area contributed by atoms with Crippen LogP contribution in [0.4, 0.5) is 5.13 Å². The van der Waals surface area contributed by atoms with Crippen LogP contribution in [0.2, 0.25) is 0 Å². The molecule has 0 fully saturated rings. The van der Waals surface area contributed by atoms with Crippen molar-refractivity contribution < 1.29 is 0 Å². The van der Waals surface area contributed by atoms with E-state index in [0.29, 0.717) is 6.04 Å². The molecule has 0 aliphatic heterocycles. The molecular weight excluding hydrogens is 258 g/mol. The Balaban J connectivity index is 1.89. The van der Waals surface area contributed by atoms with Gasteiger partial charge in [-0.1, -0.05) is 18.3 Å². The number of thiazole rings is 1. The third-order valence-electron chi connectivity index (χ3n) is 3.02. The molecule has 0 aromatic carbocycles. The lowest BCUT2D eigenvalue weighted by Crippen LogP contribution is -2.12. The first-order chi connectivity index (χ1) is 9.26. The predicted molar refractivity (Wildman–Crippen MR) is 77.5 cm³/mol. The summed E-state index contributed by atoms with van der Waals surface area (Å²) in [5, 5.41) is 4.32. The molecule has 5 nitrogen and oxygen atoms in total. The van der Waals surface area contributed by atoms with Crippen molar-refractivity contribution in [2.75, 3.05) is 5.32 Å². The van der Waals surface area contributed by atoms with E-state index in [1.807, 2.05) is 23.0 Å². The Morgan fingerprint density at radius 2 is 2.21 bits per heavy atom. The van der Waals surface area contributed by atoms with Gasteiger partial charge >= 0.3 is 0 Å². The average Bonchev–Trinajstić information content (AvgIpc) is 3.05. The third kappa shape index (κ3) is 2.44. The van der Waals surface area contributed by atoms with Gasteiger partial charge in [-0.3, -0.25) is 0 Å². The van der Waals surface area contributed by atoms with Crippen LogP contribution in [0.3, 0.4) is 0 Å². The highest BCUT2D eigenvalue weighted by Gasteiger charge is 2.08. The molecule has 1 N–H and O–H groups in total. The fourth-order valence-electron chi connectivity index (χ4n) is 1.73. The molecule has 6 heteroatoms. The topological polar surface area (TPSA) is 55.1 Å². The second-order valence-corrected chi connectivity index (χ2v) is 5.48. The summed E-state index contributed by atoms with van der Waals surface area (Å²) in [7, 11) is 0. The highest BCUT2D eigenvalue weighted by Crippen LogP contribution is 2.28. The van der Waals surface area contributed by atoms with E-state index < -0.39 is 0 Å². The fourth-order valence-corrected chi connectivity index (χ4v) is 2.61. The second-order valence-electron chi connectivity index (χ2n) is 4.45. The van der Waals surface area contributed by atoms with Crippen molar-refractivity contribution in [2.45, 2.75) is 26.3 Å². The first kappa shape index (κ1) is 12.1. The molecule has 0 aliphatic carbocycles. The number of nitrogens with zero attached hydrogens (tertiary/aromatic N) is 4. The van der Waals surface area contributed by atoms with Crippen molar-refractivity contribution in [1.29, 1.82) is 0 Å². The monoisotopic (exact) mass is 273 g/mol. The van der Waals surface area contributed by atoms with Crippen molar-refractivity contribution in [3.63, 3.8) is 0 Å². The van der Waals surface area contributed by atoms with E-state index in [4.69, 9.17) is 0 Å². The number of anilines is 1. The quantitative estimate of drug-likeness (QED) is 0.793. The summed E-state index contributed by atoms with van der Waals surface area (Å²) < 4.78 is 1.96. The van der Waals surface area contributed by atoms with Crippen LogP contribution in [-0.4, -0.2) is 25.4 Å². The molecule has 3 heterocycles. The molecule has 98 valence electrons. The molecule has 3 aromatic heterocycles. The van der Waals surface area contributed by atoms with Crippen molar-refractivity contribution >= 4 is 22.1 Å². The molecular formula is C13H15N5S. The van der Waals surface area contributed by atoms with Crippen LogP contribution in [0.5, 0.6) is 0 Å². The highest BCUT2D eigenvalue weighted by molar-refractivity contribution is 7.18. The summed E-state index contributed by atoms with van der Waals surface area (Å²) in [6.45, 7) is 4.30. The maximum Gasteiger partial charge on any atom is 0.183 e. The van der Waals surface area contributed by atoms with Gasteiger partial charge in [0.25, 0.3) is 0 Å². The summed E-state index contributed by atoms with van der Waals surface area (Å²) in [5.74, 6) is 0. The van der Waals surface area contributed by atoms with Gasteiger partial charge in [0.1, 0.15) is 0 Å². The Morgan fingerprint density at radius 1 is 1.32 bits per heavy atom. The number of imidazole rings is 1. The largest absolute Gasteiger partial charge is 0.359 e. The summed E-state index contributed by atoms with van der Waals surface area (Å²) in [6.07, 6.45) is 10.4. The Labute approximate surface area is 115 Å². The Kier molecular flexibility index (Phi) is 3.16. The second kappa shape index (κ2) is 4.97. The van der Waals surface area contributed by atoms with Gasteiger partial charge in [-0.25, -0.2) is 15.0 Å². The minimum absolute atomic E-state index is 0.433. The number of hydrogen-bond donors (Lipinski definition) is 1. The lowest BCUT2D eigenvalue weighted by Gasteiger charge is -2.08. The molecule has 0 saturated carbocycles. The van der Waals surface area contributed by atoms with E-state index in [0.717, 1.165) is 27.8 Å². The third-order valence-corrected chi connectivity index (χ3v) is 3.97. The van der Waals surface area contributed by atoms with Crippen LogP contribution in [0, 0.1) is 0 Å². The highest BCUT2D eigenvalue weighted by atomic mass is 32.1. The number of nitrogens with one attached hydrogen (secondary N) is 1. The van der Waals surface area contributed by atoms with E-state index in [1.54, 1.807) is 23.7 Å². The van der Waals surface area contributed by atoms with Gasteiger partial charge in [-0.15, -0.1) is 0 Å². The van der Waals surface area contributed by atoms with Crippen LogP contribution in [-0.2, 0) is 0 Å². The number of hydrogen-bond acceptors (Lipinski definition) is 5. The van der Waals surface area contributed by atoms with Gasteiger partial charge < -0.3 is 9.72 Å². The van der Waals surface area contributed by atoms with Gasteiger partial charge in [-0.05, 0) is 13.3 Å². The maximum atomic E-state index is 4.42. The minimum atomic E-state index is 0.433. The van der Waals surface area contributed by atoms with Crippen molar-refractivity contribution in [3.05, 3.63) is 31.0 Å². The molecule has 0 unspecified atom stereocenters. The molecule has 1 atom stereocenters. The fraction of sp³-hybridized carbons (Fsp3) is 0.308. The zero-order valence-electron chi connectivity index (χ0n) is 10.9. The number of rotatable bonds is 4. The molecule has 0 radical (unpaired) electrons.